The molecule has 3 heteroatoms. The normalized spacial score (nSPS) is 11.5. The number of rotatable bonds is 1. The molecule has 0 saturated carbocycles. The summed E-state index contributed by atoms with van der Waals surface area (Å²) in [6.07, 6.45) is 1.43. The summed E-state index contributed by atoms with van der Waals surface area (Å²) in [6, 6.07) is 6.41. The van der Waals surface area contributed by atoms with Crippen molar-refractivity contribution in [2.24, 2.45) is 0 Å². The number of nitrogens with zero attached hydrogens (tertiary/aromatic N) is 1. The van der Waals surface area contributed by atoms with Crippen LogP contribution < -0.4 is 0 Å². The molecule has 0 fully saturated rings. The predicted octanol–water partition coefficient (Wildman–Crippen LogP) is 0.951. The minimum atomic E-state index is 0.204. The van der Waals surface area contributed by atoms with E-state index in [1.165, 1.54) is 25.4 Å². The van der Waals surface area contributed by atoms with E-state index < -0.39 is 0 Å². The molecule has 0 amide bonds. The fraction of sp³-hybridized carbons (Fsp3) is 0.125. The topological polar surface area (TPSA) is 46.3 Å². The molecule has 1 rings (SSSR count). The lowest BCUT2D eigenvalue weighted by molar-refractivity contribution is -0.416. The zero-order valence-corrected chi connectivity index (χ0v) is 6.19. The minimum Gasteiger partial charge on any atom is -0.624 e. The molecule has 0 atom stereocenters. The molecule has 0 unspecified atom stereocenters. The predicted molar refractivity (Wildman–Crippen MR) is 42.8 cm³/mol. The van der Waals surface area contributed by atoms with Crippen LogP contribution in [0.3, 0.4) is 0 Å². The van der Waals surface area contributed by atoms with Crippen LogP contribution in [-0.4, -0.2) is 23.1 Å². The molecule has 0 saturated heterocycles. The third kappa shape index (κ3) is 2.29. The maximum absolute atomic E-state index is 10.5. The Morgan fingerprint density at radius 2 is 1.91 bits per heavy atom. The third-order valence-electron chi connectivity index (χ3n) is 1.22. The first-order valence-electron chi connectivity index (χ1n) is 3.22. The zero-order valence-electron chi connectivity index (χ0n) is 6.19. The smallest absolute Gasteiger partial charge is 0.181 e. The Morgan fingerprint density at radius 3 is 2.36 bits per heavy atom. The van der Waals surface area contributed by atoms with Gasteiger partial charge < -0.3 is 10.3 Å². The molecule has 3 nitrogen and oxygen atoms in total. The first-order valence-corrected chi connectivity index (χ1v) is 3.22. The maximum Gasteiger partial charge on any atom is 0.181 e. The van der Waals surface area contributed by atoms with E-state index in [1.54, 1.807) is 12.1 Å². The van der Waals surface area contributed by atoms with Gasteiger partial charge in [0.25, 0.3) is 0 Å². The molecule has 0 radical (unpaired) electrons. The van der Waals surface area contributed by atoms with Crippen molar-refractivity contribution in [2.75, 3.05) is 7.05 Å². The van der Waals surface area contributed by atoms with Crippen LogP contribution in [0.1, 0.15) is 5.56 Å². The van der Waals surface area contributed by atoms with Crippen LogP contribution in [0.15, 0.2) is 24.3 Å². The lowest BCUT2D eigenvalue weighted by Gasteiger charge is -1.95. The Hall–Kier alpha value is -1.51. The summed E-state index contributed by atoms with van der Waals surface area (Å²) in [7, 11) is 1.41. The van der Waals surface area contributed by atoms with Crippen LogP contribution in [0.5, 0.6) is 5.75 Å². The molecule has 0 aliphatic heterocycles. The molecule has 0 spiro atoms. The van der Waals surface area contributed by atoms with Gasteiger partial charge in [0.15, 0.2) is 6.21 Å². The molecule has 0 aromatic heterocycles. The van der Waals surface area contributed by atoms with Gasteiger partial charge in [-0.15, -0.1) is 0 Å². The van der Waals surface area contributed by atoms with Crippen LogP contribution in [0, 0.1) is 5.21 Å². The number of aromatic hydroxyl groups is 1. The summed E-state index contributed by atoms with van der Waals surface area (Å²) < 4.78 is 0.715. The van der Waals surface area contributed by atoms with E-state index in [0.29, 0.717) is 4.74 Å². The highest BCUT2D eigenvalue weighted by atomic mass is 16.5. The molecule has 1 aromatic carbocycles. The third-order valence-corrected chi connectivity index (χ3v) is 1.22. The zero-order chi connectivity index (χ0) is 8.27. The Balaban J connectivity index is 2.91. The molecule has 11 heavy (non-hydrogen) atoms. The summed E-state index contributed by atoms with van der Waals surface area (Å²) in [5.74, 6) is 0.204. The van der Waals surface area contributed by atoms with Gasteiger partial charge in [-0.1, -0.05) is 0 Å². The average Bonchev–Trinajstić information content (AvgIpc) is 1.93. The van der Waals surface area contributed by atoms with E-state index in [0.717, 1.165) is 5.56 Å². The quantitative estimate of drug-likeness (QED) is 0.281. The van der Waals surface area contributed by atoms with Gasteiger partial charge in [0.2, 0.25) is 0 Å². The fourth-order valence-electron chi connectivity index (χ4n) is 0.770. The Labute approximate surface area is 64.8 Å². The van der Waals surface area contributed by atoms with E-state index >= 15 is 0 Å². The van der Waals surface area contributed by atoms with Gasteiger partial charge in [0.05, 0.1) is 0 Å². The maximum atomic E-state index is 10.5. The van der Waals surface area contributed by atoms with Crippen molar-refractivity contribution in [3.63, 3.8) is 0 Å². The monoisotopic (exact) mass is 151 g/mol. The van der Waals surface area contributed by atoms with Gasteiger partial charge in [-0.2, -0.15) is 0 Å². The van der Waals surface area contributed by atoms with E-state index in [2.05, 4.69) is 0 Å². The van der Waals surface area contributed by atoms with Crippen molar-refractivity contribution in [1.82, 2.24) is 0 Å². The summed E-state index contributed by atoms with van der Waals surface area (Å²) in [6.45, 7) is 0. The van der Waals surface area contributed by atoms with Crippen LogP contribution >= 0.6 is 0 Å². The SMILES string of the molecule is C[N+]([O-])=Cc1ccc(O)cc1. The Kier molecular flexibility index (Phi) is 2.11. The van der Waals surface area contributed by atoms with Crippen LogP contribution in [0.25, 0.3) is 0 Å². The highest BCUT2D eigenvalue weighted by Crippen LogP contribution is 2.07. The van der Waals surface area contributed by atoms with Crippen LogP contribution in [0.4, 0.5) is 0 Å². The molecule has 0 aliphatic rings. The number of hydrogen-bond donors (Lipinski definition) is 1. The van der Waals surface area contributed by atoms with E-state index in [9.17, 15) is 5.21 Å². The van der Waals surface area contributed by atoms with Gasteiger partial charge in [0, 0.05) is 5.56 Å². The molecule has 1 N–H and O–H groups in total. The molecule has 0 heterocycles. The van der Waals surface area contributed by atoms with Crippen LogP contribution in [0.2, 0.25) is 0 Å². The highest BCUT2D eigenvalue weighted by Gasteiger charge is 1.90. The van der Waals surface area contributed by atoms with Crippen molar-refractivity contribution in [1.29, 1.82) is 0 Å². The fourth-order valence-corrected chi connectivity index (χ4v) is 0.770. The first kappa shape index (κ1) is 7.60. The lowest BCUT2D eigenvalue weighted by atomic mass is 10.2. The van der Waals surface area contributed by atoms with Crippen molar-refractivity contribution >= 4 is 6.21 Å². The number of phenols is 1. The number of phenolic OH excluding ortho intramolecular Hbond substituents is 1. The molecule has 0 bridgehead atoms. The number of benzene rings is 1. The van der Waals surface area contributed by atoms with Crippen LogP contribution in [-0.2, 0) is 0 Å². The molecule has 1 aromatic rings. The minimum absolute atomic E-state index is 0.204. The van der Waals surface area contributed by atoms with Gasteiger partial charge in [-0.05, 0) is 24.3 Å². The molecule has 58 valence electrons. The van der Waals surface area contributed by atoms with E-state index in [4.69, 9.17) is 5.11 Å². The second-order valence-electron chi connectivity index (χ2n) is 2.27. The van der Waals surface area contributed by atoms with Crippen molar-refractivity contribution < 1.29 is 9.85 Å². The summed E-state index contributed by atoms with van der Waals surface area (Å²) >= 11 is 0. The Bertz CT molecular complexity index is 260. The summed E-state index contributed by atoms with van der Waals surface area (Å²) in [4.78, 5) is 0. The van der Waals surface area contributed by atoms with Gasteiger partial charge in [-0.25, -0.2) is 4.74 Å². The van der Waals surface area contributed by atoms with Crippen molar-refractivity contribution in [3.8, 4) is 5.75 Å². The summed E-state index contributed by atoms with van der Waals surface area (Å²) in [5, 5.41) is 19.4. The van der Waals surface area contributed by atoms with Gasteiger partial charge in [0.1, 0.15) is 12.8 Å². The Morgan fingerprint density at radius 1 is 1.36 bits per heavy atom. The standard InChI is InChI=1S/C8H9NO2/c1-9(11)6-7-2-4-8(10)5-3-7/h2-6,10H,1H3. The van der Waals surface area contributed by atoms with E-state index in [-0.39, 0.29) is 5.75 Å². The van der Waals surface area contributed by atoms with E-state index in [1.807, 2.05) is 0 Å². The molecule has 0 aliphatic carbocycles. The highest BCUT2D eigenvalue weighted by molar-refractivity contribution is 5.75. The van der Waals surface area contributed by atoms with Crippen molar-refractivity contribution in [2.45, 2.75) is 0 Å². The first-order chi connectivity index (χ1) is 5.18. The average molecular weight is 151 g/mol. The second kappa shape index (κ2) is 3.05. The van der Waals surface area contributed by atoms with Crippen molar-refractivity contribution in [3.05, 3.63) is 35.0 Å². The van der Waals surface area contributed by atoms with Gasteiger partial charge >= 0.3 is 0 Å². The summed E-state index contributed by atoms with van der Waals surface area (Å²) in [5.41, 5.74) is 0.778. The second-order valence-corrected chi connectivity index (χ2v) is 2.27. The molecular formula is C8H9NO2. The van der Waals surface area contributed by atoms with Gasteiger partial charge in [-0.3, -0.25) is 0 Å². The largest absolute Gasteiger partial charge is 0.624 e. The molecular weight excluding hydrogens is 142 g/mol. The number of hydroxylamine groups is 1. The lowest BCUT2D eigenvalue weighted by Crippen LogP contribution is -1.96. The number of hydrogen-bond acceptors (Lipinski definition) is 2.